The predicted molar refractivity (Wildman–Crippen MR) is 62.1 cm³/mol. The van der Waals surface area contributed by atoms with Crippen LogP contribution in [0.25, 0.3) is 0 Å². The minimum atomic E-state index is -0.489. The lowest BCUT2D eigenvalue weighted by molar-refractivity contribution is 0.0926. The fraction of sp³-hybridized carbons (Fsp3) is 0.417. The van der Waals surface area contributed by atoms with Crippen LogP contribution in [-0.4, -0.2) is 21.7 Å². The summed E-state index contributed by atoms with van der Waals surface area (Å²) >= 11 is 0. The zero-order valence-corrected chi connectivity index (χ0v) is 9.90. The van der Waals surface area contributed by atoms with Crippen molar-refractivity contribution in [3.05, 3.63) is 35.9 Å². The van der Waals surface area contributed by atoms with E-state index in [1.54, 1.807) is 10.4 Å². The van der Waals surface area contributed by atoms with Gasteiger partial charge in [0, 0.05) is 12.1 Å². The van der Waals surface area contributed by atoms with E-state index in [1.165, 1.54) is 0 Å². The van der Waals surface area contributed by atoms with Crippen molar-refractivity contribution >= 4 is 6.03 Å². The number of carbonyl (C=O) groups is 1. The third kappa shape index (κ3) is 3.24. The topological polar surface area (TPSA) is 52.6 Å². The maximum atomic E-state index is 11.5. The molecule has 0 radical (unpaired) electrons. The van der Waals surface area contributed by atoms with Crippen molar-refractivity contribution in [2.24, 2.45) is 0 Å². The van der Waals surface area contributed by atoms with Crippen LogP contribution in [0.4, 0.5) is 4.79 Å². The molecule has 4 heteroatoms. The quantitative estimate of drug-likeness (QED) is 0.596. The summed E-state index contributed by atoms with van der Waals surface area (Å²) in [6.45, 7) is 6.23. The van der Waals surface area contributed by atoms with Gasteiger partial charge in [-0.15, -0.1) is 0 Å². The van der Waals surface area contributed by atoms with Crippen molar-refractivity contribution in [1.29, 1.82) is 0 Å². The first-order valence-electron chi connectivity index (χ1n) is 5.21. The number of urea groups is 1. The van der Waals surface area contributed by atoms with Gasteiger partial charge in [-0.3, -0.25) is 5.21 Å². The average Bonchev–Trinajstić information content (AvgIpc) is 2.25. The summed E-state index contributed by atoms with van der Waals surface area (Å²) < 4.78 is 0. The van der Waals surface area contributed by atoms with E-state index >= 15 is 0 Å². The summed E-state index contributed by atoms with van der Waals surface area (Å²) in [4.78, 5) is 13.1. The monoisotopic (exact) mass is 222 g/mol. The van der Waals surface area contributed by atoms with E-state index < -0.39 is 6.03 Å². The van der Waals surface area contributed by atoms with Gasteiger partial charge in [0.05, 0.1) is 0 Å². The van der Waals surface area contributed by atoms with Gasteiger partial charge in [0.15, 0.2) is 0 Å². The van der Waals surface area contributed by atoms with E-state index in [4.69, 9.17) is 5.21 Å². The molecule has 0 unspecified atom stereocenters. The van der Waals surface area contributed by atoms with Crippen molar-refractivity contribution < 1.29 is 10.0 Å². The number of carbonyl (C=O) groups excluding carboxylic acids is 1. The lowest BCUT2D eigenvalue weighted by Crippen LogP contribution is -2.49. The Balaban J connectivity index is 2.84. The Morgan fingerprint density at radius 2 is 1.88 bits per heavy atom. The van der Waals surface area contributed by atoms with Gasteiger partial charge in [-0.25, -0.2) is 10.3 Å². The largest absolute Gasteiger partial charge is 0.341 e. The Morgan fingerprint density at radius 1 is 1.31 bits per heavy atom. The van der Waals surface area contributed by atoms with Gasteiger partial charge in [0.1, 0.15) is 0 Å². The molecule has 0 aliphatic carbocycles. The molecule has 0 aromatic heterocycles. The van der Waals surface area contributed by atoms with Gasteiger partial charge >= 0.3 is 6.03 Å². The molecule has 0 saturated heterocycles. The minimum Gasteiger partial charge on any atom is -0.314 e. The lowest BCUT2D eigenvalue weighted by atomic mass is 10.1. The zero-order chi connectivity index (χ0) is 12.2. The number of benzene rings is 1. The molecule has 2 N–H and O–H groups in total. The number of nitrogens with one attached hydrogen (secondary N) is 1. The second-order valence-electron chi connectivity index (χ2n) is 4.66. The normalized spacial score (nSPS) is 11.0. The molecule has 0 bridgehead atoms. The van der Waals surface area contributed by atoms with Crippen LogP contribution >= 0.6 is 0 Å². The highest BCUT2D eigenvalue weighted by Crippen LogP contribution is 2.17. The third-order valence-electron chi connectivity index (χ3n) is 2.33. The summed E-state index contributed by atoms with van der Waals surface area (Å²) in [6.07, 6.45) is 0. The molecule has 1 aromatic carbocycles. The fourth-order valence-corrected chi connectivity index (χ4v) is 1.44. The molecule has 0 heterocycles. The Bertz CT molecular complexity index is 344. The summed E-state index contributed by atoms with van der Waals surface area (Å²) in [5.74, 6) is 0. The van der Waals surface area contributed by atoms with Crippen LogP contribution in [0.2, 0.25) is 0 Å². The lowest BCUT2D eigenvalue weighted by Gasteiger charge is -2.34. The van der Waals surface area contributed by atoms with E-state index in [0.29, 0.717) is 6.54 Å². The highest BCUT2D eigenvalue weighted by molar-refractivity contribution is 5.73. The van der Waals surface area contributed by atoms with Gasteiger partial charge in [-0.1, -0.05) is 30.3 Å². The number of hydroxylamine groups is 1. The van der Waals surface area contributed by atoms with Crippen molar-refractivity contribution in [2.45, 2.75) is 32.9 Å². The van der Waals surface area contributed by atoms with Crippen LogP contribution in [0, 0.1) is 0 Å². The van der Waals surface area contributed by atoms with Crippen LogP contribution in [0.5, 0.6) is 0 Å². The molecule has 0 aliphatic rings. The second kappa shape index (κ2) is 4.99. The molecule has 0 spiro atoms. The maximum absolute atomic E-state index is 11.5. The molecule has 4 nitrogen and oxygen atoms in total. The first kappa shape index (κ1) is 12.5. The Kier molecular flexibility index (Phi) is 3.90. The van der Waals surface area contributed by atoms with Crippen molar-refractivity contribution in [3.8, 4) is 0 Å². The summed E-state index contributed by atoms with van der Waals surface area (Å²) in [6, 6.07) is 9.18. The Morgan fingerprint density at radius 3 is 2.31 bits per heavy atom. The van der Waals surface area contributed by atoms with Crippen LogP contribution in [0.1, 0.15) is 26.3 Å². The van der Waals surface area contributed by atoms with E-state index in [1.807, 2.05) is 51.1 Å². The molecular weight excluding hydrogens is 204 g/mol. The predicted octanol–water partition coefficient (Wildman–Crippen LogP) is 2.39. The molecule has 2 amide bonds. The van der Waals surface area contributed by atoms with Gasteiger partial charge in [0.2, 0.25) is 0 Å². The molecule has 88 valence electrons. The molecule has 0 aliphatic heterocycles. The third-order valence-corrected chi connectivity index (χ3v) is 2.33. The number of rotatable bonds is 2. The Hall–Kier alpha value is -1.55. The highest BCUT2D eigenvalue weighted by Gasteiger charge is 2.26. The van der Waals surface area contributed by atoms with E-state index in [2.05, 4.69) is 0 Å². The molecule has 0 atom stereocenters. The number of hydrogen-bond acceptors (Lipinski definition) is 2. The van der Waals surface area contributed by atoms with Gasteiger partial charge in [-0.2, -0.15) is 0 Å². The number of nitrogens with zero attached hydrogens (tertiary/aromatic N) is 1. The summed E-state index contributed by atoms with van der Waals surface area (Å²) in [5, 5.41) is 8.71. The number of amides is 2. The van der Waals surface area contributed by atoms with Crippen LogP contribution in [0.3, 0.4) is 0 Å². The molecular formula is C12H18N2O2. The highest BCUT2D eigenvalue weighted by atomic mass is 16.5. The van der Waals surface area contributed by atoms with Gasteiger partial charge in [-0.05, 0) is 26.3 Å². The van der Waals surface area contributed by atoms with Gasteiger partial charge in [0.25, 0.3) is 0 Å². The molecule has 0 fully saturated rings. The smallest absolute Gasteiger partial charge is 0.314 e. The van der Waals surface area contributed by atoms with Crippen LogP contribution in [-0.2, 0) is 6.54 Å². The first-order valence-corrected chi connectivity index (χ1v) is 5.21. The SMILES string of the molecule is CC(C)(C)N(Cc1ccccc1)C(=O)NO. The van der Waals surface area contributed by atoms with Crippen molar-refractivity contribution in [1.82, 2.24) is 10.4 Å². The van der Waals surface area contributed by atoms with E-state index in [0.717, 1.165) is 5.56 Å². The van der Waals surface area contributed by atoms with Crippen LogP contribution in [0.15, 0.2) is 30.3 Å². The van der Waals surface area contributed by atoms with E-state index in [-0.39, 0.29) is 5.54 Å². The van der Waals surface area contributed by atoms with Crippen LogP contribution < -0.4 is 5.48 Å². The van der Waals surface area contributed by atoms with Crippen molar-refractivity contribution in [3.63, 3.8) is 0 Å². The summed E-state index contributed by atoms with van der Waals surface area (Å²) in [7, 11) is 0. The minimum absolute atomic E-state index is 0.345. The van der Waals surface area contributed by atoms with Gasteiger partial charge < -0.3 is 4.90 Å². The van der Waals surface area contributed by atoms with Crippen molar-refractivity contribution in [2.75, 3.05) is 0 Å². The standard InChI is InChI=1S/C12H18N2O2/c1-12(2,3)14(11(15)13-16)9-10-7-5-4-6-8-10/h4-8,16H,9H2,1-3H3,(H,13,15). The molecule has 16 heavy (non-hydrogen) atoms. The zero-order valence-electron chi connectivity index (χ0n) is 9.90. The summed E-state index contributed by atoms with van der Waals surface area (Å²) in [5.41, 5.74) is 2.36. The first-order chi connectivity index (χ1) is 7.45. The maximum Gasteiger partial charge on any atom is 0.341 e. The molecule has 1 aromatic rings. The molecule has 1 rings (SSSR count). The average molecular weight is 222 g/mol. The Labute approximate surface area is 95.8 Å². The fourth-order valence-electron chi connectivity index (χ4n) is 1.44. The second-order valence-corrected chi connectivity index (χ2v) is 4.66. The number of hydrogen-bond donors (Lipinski definition) is 2. The van der Waals surface area contributed by atoms with E-state index in [9.17, 15) is 4.79 Å². The molecule has 0 saturated carbocycles.